The van der Waals surface area contributed by atoms with Crippen LogP contribution < -0.4 is 5.32 Å². The van der Waals surface area contributed by atoms with Crippen molar-refractivity contribution in [3.63, 3.8) is 0 Å². The fraction of sp³-hybridized carbons (Fsp3) is 0.872. The Morgan fingerprint density at radius 3 is 2.13 bits per heavy atom. The molecule has 5 aliphatic carbocycles. The third-order valence-corrected chi connectivity index (χ3v) is 15.3. The van der Waals surface area contributed by atoms with Gasteiger partial charge in [-0.05, 0) is 129 Å². The van der Waals surface area contributed by atoms with Crippen molar-refractivity contribution in [1.29, 1.82) is 0 Å². The Bertz CT molecular complexity index is 1210. The molecule has 45 heavy (non-hydrogen) atoms. The maximum absolute atomic E-state index is 14.6. The van der Waals surface area contributed by atoms with Crippen LogP contribution in [0.15, 0.2) is 12.2 Å². The van der Waals surface area contributed by atoms with Gasteiger partial charge in [0.25, 0.3) is 0 Å². The van der Waals surface area contributed by atoms with Crippen LogP contribution in [0.1, 0.15) is 133 Å². The molecule has 0 heterocycles. The van der Waals surface area contributed by atoms with E-state index < -0.39 is 11.5 Å². The smallest absolute Gasteiger partial charge is 0.328 e. The molecule has 6 nitrogen and oxygen atoms in total. The van der Waals surface area contributed by atoms with E-state index in [0.29, 0.717) is 30.1 Å². The third-order valence-electron chi connectivity index (χ3n) is 15.3. The second kappa shape index (κ2) is 11.7. The molecule has 6 heteroatoms. The monoisotopic (exact) mass is 625 g/mol. The van der Waals surface area contributed by atoms with Crippen LogP contribution in [0.3, 0.4) is 0 Å². The molecule has 1 amide bonds. The minimum atomic E-state index is -0.608. The molecule has 0 radical (unpaired) electrons. The van der Waals surface area contributed by atoms with Crippen molar-refractivity contribution < 1.29 is 23.9 Å². The van der Waals surface area contributed by atoms with Crippen LogP contribution in [0, 0.1) is 62.6 Å². The maximum Gasteiger partial charge on any atom is 0.328 e. The molecular weight excluding hydrogens is 562 g/mol. The minimum Gasteiger partial charge on any atom is -0.467 e. The van der Waals surface area contributed by atoms with Gasteiger partial charge in [-0.2, -0.15) is 0 Å². The molecule has 1 N–H and O–H groups in total. The Morgan fingerprint density at radius 1 is 0.844 bits per heavy atom. The fourth-order valence-corrected chi connectivity index (χ4v) is 13.1. The number of esters is 2. The number of hydrogen-bond donors (Lipinski definition) is 1. The van der Waals surface area contributed by atoms with Crippen LogP contribution in [-0.2, 0) is 23.9 Å². The summed E-state index contributed by atoms with van der Waals surface area (Å²) >= 11 is 0. The van der Waals surface area contributed by atoms with Gasteiger partial charge in [-0.25, -0.2) is 4.79 Å². The molecule has 0 aromatic heterocycles. The summed E-state index contributed by atoms with van der Waals surface area (Å²) in [4.78, 5) is 39.4. The maximum atomic E-state index is 14.6. The zero-order chi connectivity index (χ0) is 33.3. The summed E-state index contributed by atoms with van der Waals surface area (Å²) in [6.45, 7) is 24.9. The number of hydrogen-bond acceptors (Lipinski definition) is 5. The van der Waals surface area contributed by atoms with E-state index in [2.05, 4.69) is 67.3 Å². The molecule has 5 fully saturated rings. The highest BCUT2D eigenvalue weighted by Gasteiger charge is 2.72. The van der Waals surface area contributed by atoms with Gasteiger partial charge in [-0.3, -0.25) is 9.59 Å². The van der Waals surface area contributed by atoms with Crippen LogP contribution in [-0.4, -0.2) is 37.1 Å². The van der Waals surface area contributed by atoms with E-state index >= 15 is 0 Å². The van der Waals surface area contributed by atoms with Gasteiger partial charge in [0.2, 0.25) is 5.91 Å². The normalized spacial score (nSPS) is 44.0. The molecule has 1 unspecified atom stereocenters. The number of ether oxygens (including phenoxy) is 2. The number of carbonyl (C=O) groups excluding carboxylic acids is 3. The van der Waals surface area contributed by atoms with Crippen LogP contribution in [0.5, 0.6) is 0 Å². The van der Waals surface area contributed by atoms with Gasteiger partial charge in [0.05, 0.1) is 12.5 Å². The van der Waals surface area contributed by atoms with E-state index in [1.807, 2.05) is 0 Å². The number of rotatable bonds is 7. The van der Waals surface area contributed by atoms with Crippen LogP contribution in [0.2, 0.25) is 0 Å². The summed E-state index contributed by atoms with van der Waals surface area (Å²) in [7, 11) is 1.42. The lowest BCUT2D eigenvalue weighted by Crippen LogP contribution is -2.67. The second-order valence-corrected chi connectivity index (χ2v) is 18.0. The SMILES string of the molecule is C=C(C)[C@@H]1CC[C@]2(C(=O)NC(CC(C)C)C(=O)OC)CC[C@]3(C)[C@H](CC[C@@H]4[C@@]5(C)CC[C@H](OC(C)=O)C(C)(C)[C@@H]5CC[C@]43C)[C@@H]12. The molecule has 11 atom stereocenters. The highest BCUT2D eigenvalue weighted by atomic mass is 16.5. The number of methoxy groups -OCH3 is 1. The lowest BCUT2D eigenvalue weighted by molar-refractivity contribution is -0.248. The van der Waals surface area contributed by atoms with Crippen molar-refractivity contribution in [2.24, 2.45) is 62.6 Å². The zero-order valence-electron chi connectivity index (χ0n) is 30.1. The summed E-state index contributed by atoms with van der Waals surface area (Å²) in [5.74, 6) is 1.96. The van der Waals surface area contributed by atoms with Gasteiger partial charge >= 0.3 is 11.9 Å². The number of fused-ring (bicyclic) bond motifs is 7. The Kier molecular flexibility index (Phi) is 8.96. The van der Waals surface area contributed by atoms with E-state index in [1.54, 1.807) is 6.92 Å². The van der Waals surface area contributed by atoms with Gasteiger partial charge in [-0.1, -0.05) is 60.6 Å². The largest absolute Gasteiger partial charge is 0.467 e. The summed E-state index contributed by atoms with van der Waals surface area (Å²) < 4.78 is 11.1. The Labute approximate surface area is 273 Å². The molecule has 5 saturated carbocycles. The lowest BCUT2D eigenvalue weighted by Gasteiger charge is -2.72. The molecule has 0 aliphatic heterocycles. The van der Waals surface area contributed by atoms with Crippen molar-refractivity contribution in [3.05, 3.63) is 12.2 Å². The first-order chi connectivity index (χ1) is 20.9. The van der Waals surface area contributed by atoms with E-state index in [0.717, 1.165) is 51.4 Å². The zero-order valence-corrected chi connectivity index (χ0v) is 30.1. The van der Waals surface area contributed by atoms with Crippen molar-refractivity contribution in [2.75, 3.05) is 7.11 Å². The van der Waals surface area contributed by atoms with Crippen molar-refractivity contribution in [2.45, 2.75) is 145 Å². The first-order valence-electron chi connectivity index (χ1n) is 18.1. The number of nitrogens with one attached hydrogen (secondary N) is 1. The predicted octanol–water partition coefficient (Wildman–Crippen LogP) is 8.28. The van der Waals surface area contributed by atoms with Crippen molar-refractivity contribution >= 4 is 17.8 Å². The molecule has 5 aliphatic rings. The Morgan fingerprint density at radius 2 is 1.53 bits per heavy atom. The van der Waals surface area contributed by atoms with Gasteiger partial charge in [-0.15, -0.1) is 0 Å². The number of carbonyl (C=O) groups is 3. The van der Waals surface area contributed by atoms with Gasteiger partial charge < -0.3 is 14.8 Å². The topological polar surface area (TPSA) is 81.7 Å². The average molecular weight is 626 g/mol. The number of allylic oxidation sites excluding steroid dienone is 1. The van der Waals surface area contributed by atoms with E-state index in [-0.39, 0.29) is 57.4 Å². The Hall–Kier alpha value is -1.85. The van der Waals surface area contributed by atoms with Crippen LogP contribution in [0.25, 0.3) is 0 Å². The summed E-state index contributed by atoms with van der Waals surface area (Å²) in [6, 6.07) is -0.608. The van der Waals surface area contributed by atoms with Gasteiger partial charge in [0, 0.05) is 12.3 Å². The standard InChI is InChI=1S/C39H63NO5/c1-23(2)22-28(33(42)44-11)40-34(43)39-19-14-26(24(3)4)32(39)27-12-13-30-36(8)17-16-31(45-25(5)41)35(6,7)29(36)15-18-38(30,10)37(27,9)20-21-39/h23,26-32H,3,12-22H2,1-2,4-11H3,(H,40,43)/t26-,27+,28?,29-,30+,31-,32+,36-,37+,38+,39-/m0/s1. The Balaban J connectivity index is 1.49. The van der Waals surface area contributed by atoms with E-state index in [4.69, 9.17) is 9.47 Å². The van der Waals surface area contributed by atoms with Crippen molar-refractivity contribution in [3.8, 4) is 0 Å². The molecule has 5 rings (SSSR count). The highest BCUT2D eigenvalue weighted by molar-refractivity contribution is 5.88. The van der Waals surface area contributed by atoms with Gasteiger partial charge in [0.15, 0.2) is 0 Å². The second-order valence-electron chi connectivity index (χ2n) is 18.0. The average Bonchev–Trinajstić information content (AvgIpc) is 3.35. The first-order valence-corrected chi connectivity index (χ1v) is 18.1. The van der Waals surface area contributed by atoms with Crippen LogP contribution in [0.4, 0.5) is 0 Å². The summed E-state index contributed by atoms with van der Waals surface area (Å²) in [5, 5.41) is 3.26. The summed E-state index contributed by atoms with van der Waals surface area (Å²) in [5.41, 5.74) is 1.17. The molecule has 0 saturated heterocycles. The minimum absolute atomic E-state index is 0.0162. The molecule has 254 valence electrons. The highest BCUT2D eigenvalue weighted by Crippen LogP contribution is 2.77. The molecule has 0 aromatic carbocycles. The van der Waals surface area contributed by atoms with E-state index in [9.17, 15) is 14.4 Å². The molecular formula is C39H63NO5. The molecule has 0 bridgehead atoms. The van der Waals surface area contributed by atoms with E-state index in [1.165, 1.54) is 25.5 Å². The number of amides is 1. The lowest BCUT2D eigenvalue weighted by atomic mass is 9.32. The molecule has 0 aromatic rings. The third kappa shape index (κ3) is 5.12. The first kappa shape index (κ1) is 34.5. The fourth-order valence-electron chi connectivity index (χ4n) is 13.1. The van der Waals surface area contributed by atoms with Gasteiger partial charge in [0.1, 0.15) is 12.1 Å². The van der Waals surface area contributed by atoms with Crippen molar-refractivity contribution in [1.82, 2.24) is 5.32 Å². The van der Waals surface area contributed by atoms with Crippen LogP contribution >= 0.6 is 0 Å². The quantitative estimate of drug-likeness (QED) is 0.227. The molecule has 0 spiro atoms. The predicted molar refractivity (Wildman–Crippen MR) is 178 cm³/mol. The summed E-state index contributed by atoms with van der Waals surface area (Å²) in [6.07, 6.45) is 11.1.